The number of aromatic nitrogens is 3. The zero-order valence-corrected chi connectivity index (χ0v) is 10.5. The van der Waals surface area contributed by atoms with Crippen molar-refractivity contribution in [3.63, 3.8) is 0 Å². The number of furan rings is 1. The Bertz CT molecular complexity index is 474. The van der Waals surface area contributed by atoms with Gasteiger partial charge < -0.3 is 9.73 Å². The van der Waals surface area contributed by atoms with Crippen LogP contribution in [0.4, 0.5) is 5.82 Å². The third-order valence-electron chi connectivity index (χ3n) is 2.61. The molecule has 1 unspecified atom stereocenters. The highest BCUT2D eigenvalue weighted by Gasteiger charge is 2.12. The molecule has 0 spiro atoms. The summed E-state index contributed by atoms with van der Waals surface area (Å²) in [5.74, 6) is 2.77. The molecule has 92 valence electrons. The Morgan fingerprint density at radius 2 is 2.29 bits per heavy atom. The number of rotatable bonds is 5. The average molecular weight is 234 g/mol. The highest BCUT2D eigenvalue weighted by molar-refractivity contribution is 5.34. The average Bonchev–Trinajstić information content (AvgIpc) is 2.89. The van der Waals surface area contributed by atoms with Crippen molar-refractivity contribution < 1.29 is 4.42 Å². The number of anilines is 1. The molecule has 2 heterocycles. The van der Waals surface area contributed by atoms with E-state index < -0.39 is 0 Å². The second-order valence-corrected chi connectivity index (χ2v) is 4.16. The van der Waals surface area contributed by atoms with Gasteiger partial charge in [0.25, 0.3) is 0 Å². The van der Waals surface area contributed by atoms with E-state index in [1.165, 1.54) is 0 Å². The molecule has 0 aromatic carbocycles. The van der Waals surface area contributed by atoms with Crippen LogP contribution < -0.4 is 5.32 Å². The van der Waals surface area contributed by atoms with Gasteiger partial charge in [0.05, 0.1) is 12.2 Å². The molecule has 2 aromatic heterocycles. The molecule has 5 heteroatoms. The molecule has 0 aliphatic carbocycles. The van der Waals surface area contributed by atoms with E-state index >= 15 is 0 Å². The van der Waals surface area contributed by atoms with Gasteiger partial charge >= 0.3 is 0 Å². The maximum Gasteiger partial charge on any atom is 0.145 e. The Morgan fingerprint density at radius 1 is 1.47 bits per heavy atom. The first-order valence-electron chi connectivity index (χ1n) is 5.92. The van der Waals surface area contributed by atoms with Gasteiger partial charge in [-0.15, -0.1) is 5.10 Å². The molecule has 2 aromatic rings. The molecule has 0 aliphatic rings. The summed E-state index contributed by atoms with van der Waals surface area (Å²) in [4.78, 5) is 0. The Kier molecular flexibility index (Phi) is 3.46. The third-order valence-corrected chi connectivity index (χ3v) is 2.61. The summed E-state index contributed by atoms with van der Waals surface area (Å²) in [6.45, 7) is 6.98. The monoisotopic (exact) mass is 234 g/mol. The molecule has 17 heavy (non-hydrogen) atoms. The summed E-state index contributed by atoms with van der Waals surface area (Å²) in [6.07, 6.45) is 2.77. The maximum atomic E-state index is 5.58. The fraction of sp³-hybridized carbons (Fsp3) is 0.500. The molecule has 0 saturated carbocycles. The van der Waals surface area contributed by atoms with E-state index in [0.717, 1.165) is 30.3 Å². The van der Waals surface area contributed by atoms with Crippen molar-refractivity contribution in [1.82, 2.24) is 15.0 Å². The van der Waals surface area contributed by atoms with Crippen molar-refractivity contribution in [3.05, 3.63) is 29.9 Å². The second-order valence-electron chi connectivity index (χ2n) is 4.16. The van der Waals surface area contributed by atoms with Crippen LogP contribution in [0.15, 0.2) is 22.7 Å². The van der Waals surface area contributed by atoms with Crippen molar-refractivity contribution in [3.8, 4) is 0 Å². The van der Waals surface area contributed by atoms with E-state index in [4.69, 9.17) is 4.42 Å². The van der Waals surface area contributed by atoms with E-state index in [2.05, 4.69) is 29.5 Å². The van der Waals surface area contributed by atoms with Crippen LogP contribution in [0.3, 0.4) is 0 Å². The minimum absolute atomic E-state index is 0.109. The first-order valence-corrected chi connectivity index (χ1v) is 5.92. The zero-order chi connectivity index (χ0) is 12.3. The Hall–Kier alpha value is -1.78. The third kappa shape index (κ3) is 2.67. The highest BCUT2D eigenvalue weighted by atomic mass is 16.3. The van der Waals surface area contributed by atoms with E-state index in [1.54, 1.807) is 6.20 Å². The van der Waals surface area contributed by atoms with Gasteiger partial charge in [-0.1, -0.05) is 12.1 Å². The maximum absolute atomic E-state index is 5.58. The lowest BCUT2D eigenvalue weighted by atomic mass is 10.2. The topological polar surface area (TPSA) is 55.9 Å². The Morgan fingerprint density at radius 3 is 2.94 bits per heavy atom. The van der Waals surface area contributed by atoms with E-state index in [9.17, 15) is 0 Å². The molecular formula is C12H18N4O. The summed E-state index contributed by atoms with van der Waals surface area (Å²) in [7, 11) is 0. The van der Waals surface area contributed by atoms with Crippen LogP contribution in [0.2, 0.25) is 0 Å². The molecule has 1 N–H and O–H groups in total. The predicted octanol–water partition coefficient (Wildman–Crippen LogP) is 2.76. The first kappa shape index (κ1) is 11.7. The Labute approximate surface area is 101 Å². The van der Waals surface area contributed by atoms with Crippen molar-refractivity contribution in [2.45, 2.75) is 39.8 Å². The van der Waals surface area contributed by atoms with Crippen LogP contribution in [0.5, 0.6) is 0 Å². The highest BCUT2D eigenvalue weighted by Crippen LogP contribution is 2.20. The number of hydrogen-bond acceptors (Lipinski definition) is 4. The van der Waals surface area contributed by atoms with Crippen LogP contribution in [-0.2, 0) is 6.54 Å². The smallest absolute Gasteiger partial charge is 0.145 e. The van der Waals surface area contributed by atoms with Crippen molar-refractivity contribution in [1.29, 1.82) is 0 Å². The van der Waals surface area contributed by atoms with Gasteiger partial charge in [0.2, 0.25) is 0 Å². The first-order chi connectivity index (χ1) is 8.20. The molecule has 0 fully saturated rings. The number of hydrogen-bond donors (Lipinski definition) is 1. The molecule has 1 atom stereocenters. The van der Waals surface area contributed by atoms with Crippen LogP contribution in [0.25, 0.3) is 0 Å². The Balaban J connectivity index is 2.07. The molecular weight excluding hydrogens is 216 g/mol. The van der Waals surface area contributed by atoms with Crippen molar-refractivity contribution >= 4 is 5.82 Å². The summed E-state index contributed by atoms with van der Waals surface area (Å²) < 4.78 is 7.45. The van der Waals surface area contributed by atoms with Gasteiger partial charge in [0.1, 0.15) is 17.3 Å². The van der Waals surface area contributed by atoms with Gasteiger partial charge in [-0.2, -0.15) is 0 Å². The second kappa shape index (κ2) is 5.03. The van der Waals surface area contributed by atoms with Crippen LogP contribution in [0.1, 0.15) is 37.8 Å². The van der Waals surface area contributed by atoms with Crippen LogP contribution in [0, 0.1) is 6.92 Å². The molecule has 0 radical (unpaired) electrons. The summed E-state index contributed by atoms with van der Waals surface area (Å²) in [6, 6.07) is 4.06. The summed E-state index contributed by atoms with van der Waals surface area (Å²) >= 11 is 0. The largest absolute Gasteiger partial charge is 0.464 e. The van der Waals surface area contributed by atoms with Crippen LogP contribution >= 0.6 is 0 Å². The lowest BCUT2D eigenvalue weighted by Gasteiger charge is -2.13. The predicted molar refractivity (Wildman–Crippen MR) is 65.8 cm³/mol. The van der Waals surface area contributed by atoms with Gasteiger partial charge in [-0.05, 0) is 32.4 Å². The summed E-state index contributed by atoms with van der Waals surface area (Å²) in [5, 5.41) is 11.3. The van der Waals surface area contributed by atoms with Gasteiger partial charge in [0.15, 0.2) is 0 Å². The van der Waals surface area contributed by atoms with Gasteiger partial charge in [-0.25, -0.2) is 4.68 Å². The zero-order valence-electron chi connectivity index (χ0n) is 10.5. The van der Waals surface area contributed by atoms with Crippen molar-refractivity contribution in [2.24, 2.45) is 0 Å². The normalized spacial score (nSPS) is 12.6. The molecule has 5 nitrogen and oxygen atoms in total. The SMILES string of the molecule is CCCn1nncc1NC(C)c1ccc(C)o1. The molecule has 0 amide bonds. The van der Waals surface area contributed by atoms with Gasteiger partial charge in [-0.3, -0.25) is 0 Å². The standard InChI is InChI=1S/C12H18N4O/c1-4-7-16-12(8-13-15-16)14-10(3)11-6-5-9(2)17-11/h5-6,8,10,14H,4,7H2,1-3H3. The fourth-order valence-electron chi connectivity index (χ4n) is 1.73. The summed E-state index contributed by atoms with van der Waals surface area (Å²) in [5.41, 5.74) is 0. The number of nitrogens with one attached hydrogen (secondary N) is 1. The van der Waals surface area contributed by atoms with E-state index in [-0.39, 0.29) is 6.04 Å². The number of nitrogens with zero attached hydrogens (tertiary/aromatic N) is 3. The van der Waals surface area contributed by atoms with Crippen LogP contribution in [-0.4, -0.2) is 15.0 Å². The van der Waals surface area contributed by atoms with Crippen molar-refractivity contribution in [2.75, 3.05) is 5.32 Å². The molecule has 0 aliphatic heterocycles. The van der Waals surface area contributed by atoms with Gasteiger partial charge in [0, 0.05) is 6.54 Å². The molecule has 2 rings (SSSR count). The minimum Gasteiger partial charge on any atom is -0.464 e. The minimum atomic E-state index is 0.109. The van der Waals surface area contributed by atoms with E-state index in [1.807, 2.05) is 23.7 Å². The quantitative estimate of drug-likeness (QED) is 0.864. The lowest BCUT2D eigenvalue weighted by molar-refractivity contribution is 0.464. The fourth-order valence-corrected chi connectivity index (χ4v) is 1.73. The molecule has 0 saturated heterocycles. The lowest BCUT2D eigenvalue weighted by Crippen LogP contribution is -2.11. The number of aryl methyl sites for hydroxylation is 2. The van der Waals surface area contributed by atoms with E-state index in [0.29, 0.717) is 0 Å². The molecule has 0 bridgehead atoms.